The average molecular weight is 362 g/mol. The van der Waals surface area contributed by atoms with Crippen LogP contribution in [-0.2, 0) is 15.6 Å². The van der Waals surface area contributed by atoms with Crippen molar-refractivity contribution in [2.45, 2.75) is 24.5 Å². The number of furan rings is 1. The Bertz CT molecular complexity index is 766. The number of hydrogen-bond donors (Lipinski definition) is 2. The van der Waals surface area contributed by atoms with Crippen LogP contribution in [0.4, 0.5) is 10.5 Å². The van der Waals surface area contributed by atoms with Gasteiger partial charge in [-0.15, -0.1) is 0 Å². The molecule has 23 heavy (non-hydrogen) atoms. The molecule has 0 atom stereocenters. The molecule has 2 rings (SSSR count). The van der Waals surface area contributed by atoms with Crippen molar-refractivity contribution in [1.82, 2.24) is 0 Å². The van der Waals surface area contributed by atoms with Crippen LogP contribution in [0.3, 0.4) is 0 Å². The zero-order chi connectivity index (χ0) is 16.4. The number of amides is 2. The Kier molecular flexibility index (Phi) is 7.02. The van der Waals surface area contributed by atoms with E-state index >= 15 is 0 Å². The molecule has 118 valence electrons. The third-order valence-corrected chi connectivity index (χ3v) is 3.89. The van der Waals surface area contributed by atoms with Gasteiger partial charge in [0.1, 0.15) is 0 Å². The summed E-state index contributed by atoms with van der Waals surface area (Å²) in [5.41, 5.74) is -0.573. The van der Waals surface area contributed by atoms with Crippen LogP contribution in [-0.4, -0.2) is 19.6 Å². The minimum Gasteiger partial charge on any atom is -0.452 e. The minimum atomic E-state index is -4.28. The van der Waals surface area contributed by atoms with Crippen molar-refractivity contribution < 1.29 is 74.1 Å². The molecule has 1 aromatic heterocycles. The van der Waals surface area contributed by atoms with Gasteiger partial charge in [0.05, 0.1) is 11.9 Å². The number of nitrogens with zero attached hydrogens (tertiary/aromatic N) is 1. The molecule has 1 heterocycles. The Morgan fingerprint density at radius 2 is 1.87 bits per heavy atom. The number of hydrogen-bond acceptors (Lipinski definition) is 5. The summed E-state index contributed by atoms with van der Waals surface area (Å²) in [6, 6.07) is 8.42. The Morgan fingerprint density at radius 3 is 2.39 bits per heavy atom. The first kappa shape index (κ1) is 20.4. The average Bonchev–Trinajstić information content (AvgIpc) is 2.89. The molecular formula is C14H15KN2O5S. The van der Waals surface area contributed by atoms with Gasteiger partial charge in [0.2, 0.25) is 15.1 Å². The van der Waals surface area contributed by atoms with E-state index in [1.54, 1.807) is 30.3 Å². The van der Waals surface area contributed by atoms with E-state index in [1.807, 2.05) is 0 Å². The van der Waals surface area contributed by atoms with Gasteiger partial charge in [0.25, 0.3) is 0 Å². The second-order valence-electron chi connectivity index (χ2n) is 5.08. The molecule has 0 aliphatic rings. The largest absolute Gasteiger partial charge is 1.00 e. The molecule has 0 bridgehead atoms. The number of sulfonamides is 1. The van der Waals surface area contributed by atoms with Crippen molar-refractivity contribution in [2.24, 2.45) is 0 Å². The van der Waals surface area contributed by atoms with Crippen LogP contribution in [0.5, 0.6) is 0 Å². The summed E-state index contributed by atoms with van der Waals surface area (Å²) in [4.78, 5) is 11.7. The number of aliphatic hydroxyl groups is 1. The third-order valence-electron chi connectivity index (χ3n) is 2.76. The molecular weight excluding hydrogens is 347 g/mol. The zero-order valence-electron chi connectivity index (χ0n) is 13.0. The monoisotopic (exact) mass is 362 g/mol. The topological polar surface area (TPSA) is 111 Å². The van der Waals surface area contributed by atoms with Crippen LogP contribution in [0.2, 0.25) is 0 Å². The second-order valence-corrected chi connectivity index (χ2v) is 6.61. The fourth-order valence-electron chi connectivity index (χ4n) is 1.59. The molecule has 0 fully saturated rings. The fraction of sp³-hybridized carbons (Fsp3) is 0.214. The van der Waals surface area contributed by atoms with Gasteiger partial charge in [-0.2, -0.15) is 0 Å². The summed E-state index contributed by atoms with van der Waals surface area (Å²) >= 11 is 0. The predicted octanol–water partition coefficient (Wildman–Crippen LogP) is -0.195. The maximum absolute atomic E-state index is 12.0. The maximum Gasteiger partial charge on any atom is 1.00 e. The van der Waals surface area contributed by atoms with Crippen molar-refractivity contribution >= 4 is 21.7 Å². The molecule has 9 heteroatoms. The number of nitrogens with one attached hydrogen (secondary N) is 1. The van der Waals surface area contributed by atoms with E-state index in [9.17, 15) is 18.3 Å². The maximum atomic E-state index is 12.0. The Morgan fingerprint density at radius 1 is 1.26 bits per heavy atom. The van der Waals surface area contributed by atoms with Crippen molar-refractivity contribution in [3.63, 3.8) is 0 Å². The quantitative estimate of drug-likeness (QED) is 0.732. The van der Waals surface area contributed by atoms with Crippen LogP contribution >= 0.6 is 0 Å². The molecule has 0 saturated carbocycles. The number of carbonyl (C=O) groups is 1. The van der Waals surface area contributed by atoms with E-state index in [1.165, 1.54) is 13.8 Å². The first-order valence-corrected chi connectivity index (χ1v) is 7.78. The van der Waals surface area contributed by atoms with Crippen molar-refractivity contribution in [3.05, 3.63) is 52.9 Å². The molecule has 0 unspecified atom stereocenters. The van der Waals surface area contributed by atoms with Crippen LogP contribution in [0.25, 0.3) is 4.72 Å². The van der Waals surface area contributed by atoms with Gasteiger partial charge in [0, 0.05) is 11.6 Å². The van der Waals surface area contributed by atoms with Crippen molar-refractivity contribution in [3.8, 4) is 0 Å². The standard InChI is InChI=1S/C14H16N2O5S.K/c1-14(2,18)10-8-12(21-9-10)22(19,20)16-13(17)15-11-6-4-3-5-7-11;/h3-9,18H,1-2H3,(H2,15,16,17);/q;+1/p-1. The molecule has 1 aromatic carbocycles. The number of urea groups is 1. The van der Waals surface area contributed by atoms with Gasteiger partial charge in [-0.1, -0.05) is 30.3 Å². The number of rotatable bonds is 4. The van der Waals surface area contributed by atoms with Crippen LogP contribution < -0.4 is 56.7 Å². The van der Waals surface area contributed by atoms with Gasteiger partial charge < -0.3 is 19.6 Å². The third kappa shape index (κ3) is 5.71. The van der Waals surface area contributed by atoms with Crippen molar-refractivity contribution in [1.29, 1.82) is 0 Å². The SMILES string of the molecule is CC(C)(O)c1coc(S(=O)(=O)[N-]C(=O)Nc2ccccc2)c1.[K+]. The van der Waals surface area contributed by atoms with E-state index < -0.39 is 26.7 Å². The molecule has 7 nitrogen and oxygen atoms in total. The van der Waals surface area contributed by atoms with E-state index in [4.69, 9.17) is 4.42 Å². The molecule has 2 N–H and O–H groups in total. The van der Waals surface area contributed by atoms with Crippen molar-refractivity contribution in [2.75, 3.05) is 5.32 Å². The molecule has 2 amide bonds. The smallest absolute Gasteiger partial charge is 0.452 e. The Balaban J connectivity index is 0.00000264. The van der Waals surface area contributed by atoms with E-state index in [0.29, 0.717) is 5.69 Å². The van der Waals surface area contributed by atoms with Gasteiger partial charge in [-0.3, -0.25) is 4.79 Å². The summed E-state index contributed by atoms with van der Waals surface area (Å²) in [6.07, 6.45) is 1.11. The fourth-order valence-corrected chi connectivity index (χ4v) is 2.39. The molecule has 0 spiro atoms. The van der Waals surface area contributed by atoms with Gasteiger partial charge in [0.15, 0.2) is 6.03 Å². The summed E-state index contributed by atoms with van der Waals surface area (Å²) in [5.74, 6) is 0. The number of para-hydroxylation sites is 1. The zero-order valence-corrected chi connectivity index (χ0v) is 16.9. The first-order valence-electron chi connectivity index (χ1n) is 6.34. The number of anilines is 1. The van der Waals surface area contributed by atoms with E-state index in [2.05, 4.69) is 10.0 Å². The first-order chi connectivity index (χ1) is 10.2. The molecule has 0 radical (unpaired) electrons. The summed E-state index contributed by atoms with van der Waals surface area (Å²) in [7, 11) is -4.28. The van der Waals surface area contributed by atoms with Gasteiger partial charge in [-0.05, 0) is 19.5 Å². The van der Waals surface area contributed by atoms with Crippen LogP contribution in [0.1, 0.15) is 19.4 Å². The molecule has 0 aliphatic carbocycles. The normalized spacial score (nSPS) is 11.4. The van der Waals surface area contributed by atoms with Crippen LogP contribution in [0.15, 0.2) is 52.2 Å². The van der Waals surface area contributed by atoms with E-state index in [0.717, 1.165) is 12.3 Å². The van der Waals surface area contributed by atoms with Crippen LogP contribution in [0, 0.1) is 0 Å². The molecule has 0 aliphatic heterocycles. The summed E-state index contributed by atoms with van der Waals surface area (Å²) in [5, 5.41) is 11.6. The Hall–Kier alpha value is -0.684. The minimum absolute atomic E-state index is 0. The number of carbonyl (C=O) groups excluding carboxylic acids is 1. The van der Waals surface area contributed by atoms with E-state index in [-0.39, 0.29) is 56.9 Å². The van der Waals surface area contributed by atoms with Gasteiger partial charge >= 0.3 is 51.4 Å². The predicted molar refractivity (Wildman–Crippen MR) is 80.0 cm³/mol. The summed E-state index contributed by atoms with van der Waals surface area (Å²) < 4.78 is 31.9. The second kappa shape index (κ2) is 7.93. The summed E-state index contributed by atoms with van der Waals surface area (Å²) in [6.45, 7) is 2.96. The molecule has 0 saturated heterocycles. The Labute approximate surface area is 176 Å². The molecule has 2 aromatic rings. The number of benzene rings is 1. The van der Waals surface area contributed by atoms with Gasteiger partial charge in [-0.25, -0.2) is 8.42 Å².